The molecule has 1 aromatic carbocycles. The monoisotopic (exact) mass is 395 g/mol. The lowest BCUT2D eigenvalue weighted by molar-refractivity contribution is -0.139. The molecule has 0 unspecified atom stereocenters. The van der Waals surface area contributed by atoms with Crippen molar-refractivity contribution in [2.45, 2.75) is 39.0 Å². The van der Waals surface area contributed by atoms with E-state index < -0.39 is 42.3 Å². The van der Waals surface area contributed by atoms with Crippen molar-refractivity contribution in [1.29, 1.82) is 0 Å². The zero-order valence-corrected chi connectivity index (χ0v) is 16.0. The lowest BCUT2D eigenvalue weighted by atomic mass is 10.2. The molecule has 0 heterocycles. The largest absolute Gasteiger partial charge is 0.480 e. The van der Waals surface area contributed by atoms with Gasteiger partial charge in [0, 0.05) is 6.54 Å². The van der Waals surface area contributed by atoms with E-state index in [2.05, 4.69) is 16.0 Å². The highest BCUT2D eigenvalue weighted by Gasteiger charge is 2.22. The van der Waals surface area contributed by atoms with Gasteiger partial charge < -0.3 is 30.5 Å². The first-order valence-electron chi connectivity index (χ1n) is 8.50. The molecule has 28 heavy (non-hydrogen) atoms. The molecule has 0 saturated heterocycles. The van der Waals surface area contributed by atoms with Gasteiger partial charge in [-0.05, 0) is 26.3 Å². The van der Waals surface area contributed by atoms with Crippen molar-refractivity contribution < 1.29 is 33.8 Å². The second kappa shape index (κ2) is 10.8. The third-order valence-corrected chi connectivity index (χ3v) is 3.10. The van der Waals surface area contributed by atoms with Crippen molar-refractivity contribution in [2.24, 2.45) is 0 Å². The highest BCUT2D eigenvalue weighted by atomic mass is 16.6. The van der Waals surface area contributed by atoms with Gasteiger partial charge in [0.1, 0.15) is 18.2 Å². The van der Waals surface area contributed by atoms with Crippen LogP contribution in [0.2, 0.25) is 0 Å². The van der Waals surface area contributed by atoms with Crippen molar-refractivity contribution in [3.05, 3.63) is 35.9 Å². The Bertz CT molecular complexity index is 686. The molecule has 1 atom stereocenters. The van der Waals surface area contributed by atoms with Gasteiger partial charge in [-0.2, -0.15) is 0 Å². The molecule has 0 fully saturated rings. The molecule has 154 valence electrons. The Kier molecular flexibility index (Phi) is 8.73. The van der Waals surface area contributed by atoms with E-state index in [4.69, 9.17) is 14.6 Å². The van der Waals surface area contributed by atoms with E-state index >= 15 is 0 Å². The van der Waals surface area contributed by atoms with Crippen LogP contribution < -0.4 is 16.0 Å². The molecule has 0 aromatic heterocycles. The van der Waals surface area contributed by atoms with Gasteiger partial charge in [0.05, 0.1) is 6.54 Å². The Morgan fingerprint density at radius 1 is 1.04 bits per heavy atom. The first-order valence-corrected chi connectivity index (χ1v) is 8.50. The highest BCUT2D eigenvalue weighted by Crippen LogP contribution is 2.06. The van der Waals surface area contributed by atoms with Crippen LogP contribution >= 0.6 is 0 Å². The summed E-state index contributed by atoms with van der Waals surface area (Å²) in [6.45, 7) is 4.21. The predicted molar refractivity (Wildman–Crippen MR) is 98.4 cm³/mol. The quantitative estimate of drug-likeness (QED) is 0.514. The number of hydrogen-bond donors (Lipinski definition) is 4. The van der Waals surface area contributed by atoms with Crippen molar-refractivity contribution >= 4 is 24.1 Å². The fraction of sp³-hybridized carbons (Fsp3) is 0.444. The number of carbonyl (C=O) groups is 4. The van der Waals surface area contributed by atoms with Crippen LogP contribution in [-0.4, -0.2) is 53.9 Å². The number of carboxylic acids is 1. The Hall–Kier alpha value is -3.30. The maximum atomic E-state index is 11.7. The van der Waals surface area contributed by atoms with Crippen LogP contribution in [0.1, 0.15) is 26.3 Å². The molecule has 3 amide bonds. The van der Waals surface area contributed by atoms with Crippen molar-refractivity contribution in [2.75, 3.05) is 13.1 Å². The molecule has 1 aromatic rings. The van der Waals surface area contributed by atoms with Crippen molar-refractivity contribution in [1.82, 2.24) is 16.0 Å². The molecular weight excluding hydrogens is 370 g/mol. The van der Waals surface area contributed by atoms with E-state index in [1.807, 2.05) is 6.07 Å². The maximum absolute atomic E-state index is 11.7. The molecule has 0 aliphatic heterocycles. The van der Waals surface area contributed by atoms with Gasteiger partial charge in [0.25, 0.3) is 0 Å². The first kappa shape index (κ1) is 22.7. The molecule has 10 nitrogen and oxygen atoms in total. The molecule has 10 heteroatoms. The summed E-state index contributed by atoms with van der Waals surface area (Å²) in [5.74, 6) is -1.99. The summed E-state index contributed by atoms with van der Waals surface area (Å²) in [6.07, 6.45) is -1.71. The van der Waals surface area contributed by atoms with Crippen LogP contribution in [0.3, 0.4) is 0 Å². The molecular formula is C18H25N3O7. The average molecular weight is 395 g/mol. The number of carbonyl (C=O) groups excluding carboxylic acids is 3. The van der Waals surface area contributed by atoms with Crippen LogP contribution in [0.25, 0.3) is 0 Å². The number of carboxylic acid groups (broad SMARTS) is 1. The number of hydrogen-bond acceptors (Lipinski definition) is 6. The Morgan fingerprint density at radius 2 is 1.68 bits per heavy atom. The number of alkyl carbamates (subject to hydrolysis) is 2. The summed E-state index contributed by atoms with van der Waals surface area (Å²) in [4.78, 5) is 46.2. The minimum absolute atomic E-state index is 0.0226. The zero-order valence-electron chi connectivity index (χ0n) is 16.0. The number of amides is 3. The average Bonchev–Trinajstić information content (AvgIpc) is 2.61. The smallest absolute Gasteiger partial charge is 0.408 e. The first-order chi connectivity index (χ1) is 13.1. The summed E-state index contributed by atoms with van der Waals surface area (Å²) in [7, 11) is 0. The lowest BCUT2D eigenvalue weighted by Crippen LogP contribution is -2.50. The Balaban J connectivity index is 2.37. The summed E-state index contributed by atoms with van der Waals surface area (Å²) < 4.78 is 9.91. The molecule has 0 saturated carbocycles. The molecule has 0 aliphatic carbocycles. The molecule has 0 radical (unpaired) electrons. The number of ether oxygens (including phenoxy) is 2. The number of aliphatic carboxylic acids is 1. The normalized spacial score (nSPS) is 11.7. The second-order valence-corrected chi connectivity index (χ2v) is 6.76. The SMILES string of the molecule is CC(C)(C)OC(=O)NCC(=O)NC[C@H](NC(=O)OCc1ccccc1)C(=O)O. The van der Waals surface area contributed by atoms with Gasteiger partial charge >= 0.3 is 18.2 Å². The van der Waals surface area contributed by atoms with Gasteiger partial charge in [-0.25, -0.2) is 14.4 Å². The topological polar surface area (TPSA) is 143 Å². The van der Waals surface area contributed by atoms with Gasteiger partial charge in [-0.15, -0.1) is 0 Å². The molecule has 0 spiro atoms. The van der Waals surface area contributed by atoms with Crippen LogP contribution in [0.15, 0.2) is 30.3 Å². The van der Waals surface area contributed by atoms with Gasteiger partial charge in [-0.1, -0.05) is 30.3 Å². The lowest BCUT2D eigenvalue weighted by Gasteiger charge is -2.19. The van der Waals surface area contributed by atoms with Crippen molar-refractivity contribution in [3.63, 3.8) is 0 Å². The van der Waals surface area contributed by atoms with E-state index in [-0.39, 0.29) is 13.2 Å². The predicted octanol–water partition coefficient (Wildman–Crippen LogP) is 1.01. The van der Waals surface area contributed by atoms with Gasteiger partial charge in [0.2, 0.25) is 5.91 Å². The van der Waals surface area contributed by atoms with Crippen LogP contribution in [-0.2, 0) is 25.7 Å². The van der Waals surface area contributed by atoms with Crippen molar-refractivity contribution in [3.8, 4) is 0 Å². The van der Waals surface area contributed by atoms with Crippen LogP contribution in [0, 0.1) is 0 Å². The minimum Gasteiger partial charge on any atom is -0.480 e. The minimum atomic E-state index is -1.39. The maximum Gasteiger partial charge on any atom is 0.408 e. The standard InChI is InChI=1S/C18H25N3O7/c1-18(2,3)28-16(25)20-10-14(22)19-9-13(15(23)24)21-17(26)27-11-12-7-5-4-6-8-12/h4-8,13H,9-11H2,1-3H3,(H,19,22)(H,20,25)(H,21,26)(H,23,24)/t13-/m0/s1. The molecule has 0 bridgehead atoms. The van der Waals surface area contributed by atoms with Crippen LogP contribution in [0.5, 0.6) is 0 Å². The summed E-state index contributed by atoms with van der Waals surface area (Å²) >= 11 is 0. The number of rotatable bonds is 8. The number of benzene rings is 1. The number of nitrogens with one attached hydrogen (secondary N) is 3. The highest BCUT2D eigenvalue weighted by molar-refractivity contribution is 5.84. The zero-order chi connectivity index (χ0) is 21.2. The Labute approximate surface area is 162 Å². The van der Waals surface area contributed by atoms with Crippen LogP contribution in [0.4, 0.5) is 9.59 Å². The Morgan fingerprint density at radius 3 is 2.25 bits per heavy atom. The summed E-state index contributed by atoms with van der Waals surface area (Å²) in [5, 5.41) is 15.8. The van der Waals surface area contributed by atoms with E-state index in [0.717, 1.165) is 5.56 Å². The van der Waals surface area contributed by atoms with E-state index in [1.165, 1.54) is 0 Å². The van der Waals surface area contributed by atoms with E-state index in [1.54, 1.807) is 45.0 Å². The second-order valence-electron chi connectivity index (χ2n) is 6.76. The van der Waals surface area contributed by atoms with Gasteiger partial charge in [0.15, 0.2) is 0 Å². The van der Waals surface area contributed by atoms with Gasteiger partial charge in [-0.3, -0.25) is 4.79 Å². The fourth-order valence-corrected chi connectivity index (χ4v) is 1.85. The van der Waals surface area contributed by atoms with E-state index in [0.29, 0.717) is 0 Å². The third kappa shape index (κ3) is 10.00. The molecule has 4 N–H and O–H groups in total. The summed E-state index contributed by atoms with van der Waals surface area (Å²) in [6, 6.07) is 7.47. The fourth-order valence-electron chi connectivity index (χ4n) is 1.85. The molecule has 1 rings (SSSR count). The summed E-state index contributed by atoms with van der Waals surface area (Å²) in [5.41, 5.74) is 0.0324. The molecule has 0 aliphatic rings. The van der Waals surface area contributed by atoms with E-state index in [9.17, 15) is 19.2 Å². The third-order valence-electron chi connectivity index (χ3n) is 3.10.